The van der Waals surface area contributed by atoms with Gasteiger partial charge in [-0.2, -0.15) is 0 Å². The molecule has 0 bridgehead atoms. The van der Waals surface area contributed by atoms with Crippen molar-refractivity contribution in [2.24, 2.45) is 0 Å². The first kappa shape index (κ1) is 35.7. The molecule has 1 nitrogen and oxygen atoms in total. The van der Waals surface area contributed by atoms with Gasteiger partial charge in [0.25, 0.3) is 0 Å². The average Bonchev–Trinajstić information content (AvgIpc) is 3.81. The molecule has 0 atom stereocenters. The van der Waals surface area contributed by atoms with Crippen molar-refractivity contribution in [3.63, 3.8) is 0 Å². The van der Waals surface area contributed by atoms with Crippen molar-refractivity contribution in [3.8, 4) is 44.5 Å². The number of rotatable bonds is 6. The summed E-state index contributed by atoms with van der Waals surface area (Å²) in [6, 6.07) is 78.7. The van der Waals surface area contributed by atoms with Crippen molar-refractivity contribution in [2.45, 2.75) is 19.3 Å². The summed E-state index contributed by atoms with van der Waals surface area (Å²) in [4.78, 5) is 2.47. The van der Waals surface area contributed by atoms with Crippen LogP contribution in [0.2, 0.25) is 0 Å². The summed E-state index contributed by atoms with van der Waals surface area (Å²) < 4.78 is 2.64. The molecule has 1 aliphatic rings. The summed E-state index contributed by atoms with van der Waals surface area (Å²) in [5.74, 6) is 0. The molecule has 288 valence electrons. The summed E-state index contributed by atoms with van der Waals surface area (Å²) in [5.41, 5.74) is 16.0. The van der Waals surface area contributed by atoms with E-state index in [2.05, 4.69) is 231 Å². The van der Waals surface area contributed by atoms with Gasteiger partial charge in [-0.15, -0.1) is 11.3 Å². The summed E-state index contributed by atoms with van der Waals surface area (Å²) in [6.07, 6.45) is 0. The Bertz CT molecular complexity index is 3500. The number of benzene rings is 10. The molecule has 11 aromatic rings. The van der Waals surface area contributed by atoms with Crippen molar-refractivity contribution < 1.29 is 0 Å². The van der Waals surface area contributed by atoms with Crippen LogP contribution in [0.1, 0.15) is 25.0 Å². The topological polar surface area (TPSA) is 3.24 Å². The highest BCUT2D eigenvalue weighted by molar-refractivity contribution is 7.26. The Hall–Kier alpha value is -7.26. The number of anilines is 3. The standard InChI is InChI=1S/C59H41NS/c1-59(2)53-24-11-10-20-49(53)50-23-12-22-47(57(50)59)41-27-31-44(32-28-41)60(45-33-26-38-14-6-7-18-42(38)36-45)54-25-13-21-46(39-15-4-3-5-16-39)56(54)43-30-35-55-52(37-43)51-34-29-40-17-8-9-19-48(40)58(51)61-55/h3-37H,1-2H3. The van der Waals surface area contributed by atoms with Crippen LogP contribution < -0.4 is 4.90 Å². The normalized spacial score (nSPS) is 12.9. The molecule has 0 aliphatic heterocycles. The lowest BCUT2D eigenvalue weighted by atomic mass is 9.79. The minimum atomic E-state index is -0.104. The maximum absolute atomic E-state index is 2.47. The number of nitrogens with zero attached hydrogens (tertiary/aromatic N) is 1. The van der Waals surface area contributed by atoms with E-state index in [4.69, 9.17) is 0 Å². The predicted molar refractivity (Wildman–Crippen MR) is 263 cm³/mol. The zero-order valence-corrected chi connectivity index (χ0v) is 34.9. The monoisotopic (exact) mass is 795 g/mol. The Morgan fingerprint density at radius 3 is 1.90 bits per heavy atom. The third kappa shape index (κ3) is 5.67. The number of hydrogen-bond acceptors (Lipinski definition) is 2. The zero-order chi connectivity index (χ0) is 40.7. The third-order valence-corrected chi connectivity index (χ3v) is 14.2. The second-order valence-electron chi connectivity index (χ2n) is 16.9. The molecule has 0 radical (unpaired) electrons. The quantitative estimate of drug-likeness (QED) is 0.162. The summed E-state index contributed by atoms with van der Waals surface area (Å²) >= 11 is 1.89. The Balaban J connectivity index is 1.08. The lowest BCUT2D eigenvalue weighted by molar-refractivity contribution is 0.662. The van der Waals surface area contributed by atoms with Gasteiger partial charge in [-0.3, -0.25) is 0 Å². The molecule has 0 spiro atoms. The molecule has 0 fully saturated rings. The first-order valence-electron chi connectivity index (χ1n) is 21.2. The second kappa shape index (κ2) is 13.9. The smallest absolute Gasteiger partial charge is 0.0546 e. The van der Waals surface area contributed by atoms with Gasteiger partial charge < -0.3 is 4.90 Å². The third-order valence-electron chi connectivity index (χ3n) is 13.0. The number of thiophene rings is 1. The van der Waals surface area contributed by atoms with E-state index in [0.29, 0.717) is 0 Å². The Morgan fingerprint density at radius 1 is 0.393 bits per heavy atom. The van der Waals surface area contributed by atoms with Crippen molar-refractivity contribution in [3.05, 3.63) is 223 Å². The van der Waals surface area contributed by atoms with Crippen molar-refractivity contribution >= 4 is 70.1 Å². The van der Waals surface area contributed by atoms with E-state index in [-0.39, 0.29) is 5.41 Å². The molecule has 10 aromatic carbocycles. The minimum Gasteiger partial charge on any atom is -0.310 e. The molecule has 0 unspecified atom stereocenters. The fourth-order valence-corrected chi connectivity index (χ4v) is 11.4. The van der Waals surface area contributed by atoms with Crippen molar-refractivity contribution in [2.75, 3.05) is 4.90 Å². The van der Waals surface area contributed by atoms with E-state index < -0.39 is 0 Å². The van der Waals surface area contributed by atoms with E-state index >= 15 is 0 Å². The lowest BCUT2D eigenvalue weighted by Gasteiger charge is -2.30. The fraction of sp³-hybridized carbons (Fsp3) is 0.0508. The maximum Gasteiger partial charge on any atom is 0.0546 e. The highest BCUT2D eigenvalue weighted by atomic mass is 32.1. The van der Waals surface area contributed by atoms with Crippen LogP contribution in [-0.4, -0.2) is 0 Å². The van der Waals surface area contributed by atoms with Crippen LogP contribution in [0, 0.1) is 0 Å². The molecule has 0 amide bonds. The first-order valence-corrected chi connectivity index (χ1v) is 22.0. The average molecular weight is 796 g/mol. The molecule has 0 N–H and O–H groups in total. The SMILES string of the molecule is CC1(C)c2ccccc2-c2cccc(-c3ccc(N(c4ccc5ccccc5c4)c4cccc(-c5ccccc5)c4-c4ccc5sc6c7ccccc7ccc6c5c4)cc3)c21. The summed E-state index contributed by atoms with van der Waals surface area (Å²) in [5, 5.41) is 7.62. The maximum atomic E-state index is 2.47. The lowest BCUT2D eigenvalue weighted by Crippen LogP contribution is -2.16. The minimum absolute atomic E-state index is 0.104. The molecule has 1 aliphatic carbocycles. The molecule has 12 rings (SSSR count). The second-order valence-corrected chi connectivity index (χ2v) is 17.9. The molecule has 1 heterocycles. The highest BCUT2D eigenvalue weighted by Crippen LogP contribution is 2.53. The van der Waals surface area contributed by atoms with Gasteiger partial charge in [0, 0.05) is 42.5 Å². The zero-order valence-electron chi connectivity index (χ0n) is 34.1. The molecule has 0 saturated heterocycles. The molecule has 2 heteroatoms. The van der Waals surface area contributed by atoms with Gasteiger partial charge in [0.2, 0.25) is 0 Å². The van der Waals surface area contributed by atoms with Gasteiger partial charge in [0.15, 0.2) is 0 Å². The molecule has 61 heavy (non-hydrogen) atoms. The van der Waals surface area contributed by atoms with Crippen LogP contribution in [0.15, 0.2) is 212 Å². The highest BCUT2D eigenvalue weighted by Gasteiger charge is 2.37. The Morgan fingerprint density at radius 2 is 1.03 bits per heavy atom. The summed E-state index contributed by atoms with van der Waals surface area (Å²) in [6.45, 7) is 4.74. The first-order chi connectivity index (χ1) is 30.0. The Kier molecular flexibility index (Phi) is 8.13. The van der Waals surface area contributed by atoms with E-state index in [9.17, 15) is 0 Å². The summed E-state index contributed by atoms with van der Waals surface area (Å²) in [7, 11) is 0. The van der Waals surface area contributed by atoms with E-state index in [1.165, 1.54) is 97.4 Å². The van der Waals surface area contributed by atoms with Gasteiger partial charge >= 0.3 is 0 Å². The molecular weight excluding hydrogens is 755 g/mol. The van der Waals surface area contributed by atoms with E-state index in [0.717, 1.165) is 17.1 Å². The fourth-order valence-electron chi connectivity index (χ4n) is 10.2. The van der Waals surface area contributed by atoms with Crippen LogP contribution in [0.5, 0.6) is 0 Å². The van der Waals surface area contributed by atoms with Gasteiger partial charge in [-0.25, -0.2) is 0 Å². The number of fused-ring (bicyclic) bond motifs is 9. The largest absolute Gasteiger partial charge is 0.310 e. The van der Waals surface area contributed by atoms with Gasteiger partial charge in [0.05, 0.1) is 5.69 Å². The Labute approximate surface area is 360 Å². The van der Waals surface area contributed by atoms with Crippen LogP contribution >= 0.6 is 11.3 Å². The van der Waals surface area contributed by atoms with Crippen LogP contribution in [-0.2, 0) is 5.41 Å². The number of hydrogen-bond donors (Lipinski definition) is 0. The molecular formula is C59H41NS. The van der Waals surface area contributed by atoms with Crippen molar-refractivity contribution in [1.82, 2.24) is 0 Å². The van der Waals surface area contributed by atoms with Gasteiger partial charge in [0.1, 0.15) is 0 Å². The van der Waals surface area contributed by atoms with Crippen molar-refractivity contribution in [1.29, 1.82) is 0 Å². The van der Waals surface area contributed by atoms with Crippen LogP contribution in [0.4, 0.5) is 17.1 Å². The molecule has 0 saturated carbocycles. The van der Waals surface area contributed by atoms with Gasteiger partial charge in [-0.05, 0) is 114 Å². The predicted octanol–water partition coefficient (Wildman–Crippen LogP) is 17.1. The van der Waals surface area contributed by atoms with Crippen LogP contribution in [0.25, 0.3) is 86.2 Å². The van der Waals surface area contributed by atoms with E-state index in [1.54, 1.807) is 0 Å². The van der Waals surface area contributed by atoms with E-state index in [1.807, 2.05) is 11.3 Å². The molecule has 1 aromatic heterocycles. The van der Waals surface area contributed by atoms with Crippen LogP contribution in [0.3, 0.4) is 0 Å². The van der Waals surface area contributed by atoms with Gasteiger partial charge in [-0.1, -0.05) is 184 Å².